The van der Waals surface area contributed by atoms with Crippen molar-refractivity contribution in [2.24, 2.45) is 0 Å². The van der Waals surface area contributed by atoms with Crippen molar-refractivity contribution in [3.63, 3.8) is 0 Å². The zero-order valence-corrected chi connectivity index (χ0v) is 15.0. The fourth-order valence-corrected chi connectivity index (χ4v) is 3.53. The standard InChI is InChI=1S/C14H16BrClINO/c15-7-6-11-3-1-2-8-18(11)14(19)10-4-5-13(17)12(16)9-10/h4-5,9,11H,1-3,6-8H2. The monoisotopic (exact) mass is 455 g/mol. The Morgan fingerprint density at radius 3 is 2.95 bits per heavy atom. The first-order valence-corrected chi connectivity index (χ1v) is 9.03. The number of piperidine rings is 1. The summed E-state index contributed by atoms with van der Waals surface area (Å²) in [5.41, 5.74) is 0.701. The summed E-state index contributed by atoms with van der Waals surface area (Å²) in [6, 6.07) is 5.92. The predicted molar refractivity (Wildman–Crippen MR) is 91.3 cm³/mol. The molecule has 1 aliphatic heterocycles. The molecular formula is C14H16BrClINO. The molecule has 1 fully saturated rings. The van der Waals surface area contributed by atoms with E-state index in [0.29, 0.717) is 16.6 Å². The summed E-state index contributed by atoms with van der Waals surface area (Å²) < 4.78 is 0.978. The van der Waals surface area contributed by atoms with Crippen molar-refractivity contribution >= 4 is 56.0 Å². The first kappa shape index (κ1) is 15.6. The van der Waals surface area contributed by atoms with Gasteiger partial charge in [0.05, 0.1) is 5.02 Å². The molecule has 1 amide bonds. The fourth-order valence-electron chi connectivity index (χ4n) is 2.49. The largest absolute Gasteiger partial charge is 0.336 e. The van der Waals surface area contributed by atoms with Crippen LogP contribution in [0.25, 0.3) is 0 Å². The second-order valence-electron chi connectivity index (χ2n) is 4.75. The number of hydrogen-bond donors (Lipinski definition) is 0. The Balaban J connectivity index is 2.18. The summed E-state index contributed by atoms with van der Waals surface area (Å²) >= 11 is 11.8. The Morgan fingerprint density at radius 2 is 2.26 bits per heavy atom. The summed E-state index contributed by atoms with van der Waals surface area (Å²) in [6.45, 7) is 0.861. The molecule has 0 aliphatic carbocycles. The van der Waals surface area contributed by atoms with E-state index >= 15 is 0 Å². The van der Waals surface area contributed by atoms with Crippen molar-refractivity contribution in [1.82, 2.24) is 4.90 Å². The third-order valence-corrected chi connectivity index (χ3v) is 5.53. The molecule has 1 aromatic rings. The number of carbonyl (C=O) groups excluding carboxylic acids is 1. The lowest BCUT2D eigenvalue weighted by Crippen LogP contribution is -2.43. The number of benzene rings is 1. The van der Waals surface area contributed by atoms with Gasteiger partial charge in [0.2, 0.25) is 0 Å². The SMILES string of the molecule is O=C(c1ccc(I)c(Cl)c1)N1CCCCC1CCBr. The van der Waals surface area contributed by atoms with Crippen LogP contribution >= 0.6 is 50.1 Å². The third-order valence-electron chi connectivity index (χ3n) is 3.50. The average molecular weight is 457 g/mol. The fraction of sp³-hybridized carbons (Fsp3) is 0.500. The highest BCUT2D eigenvalue weighted by molar-refractivity contribution is 14.1. The topological polar surface area (TPSA) is 20.3 Å². The number of alkyl halides is 1. The van der Waals surface area contributed by atoms with Gasteiger partial charge in [0.15, 0.2) is 0 Å². The van der Waals surface area contributed by atoms with Crippen LogP contribution in [-0.2, 0) is 0 Å². The average Bonchev–Trinajstić information content (AvgIpc) is 2.42. The van der Waals surface area contributed by atoms with Gasteiger partial charge in [-0.3, -0.25) is 4.79 Å². The van der Waals surface area contributed by atoms with Crippen molar-refractivity contribution in [3.05, 3.63) is 32.4 Å². The zero-order chi connectivity index (χ0) is 13.8. The van der Waals surface area contributed by atoms with Crippen molar-refractivity contribution in [2.45, 2.75) is 31.7 Å². The van der Waals surface area contributed by atoms with Gasteiger partial charge in [0.1, 0.15) is 0 Å². The van der Waals surface area contributed by atoms with Crippen LogP contribution in [0.2, 0.25) is 5.02 Å². The molecule has 104 valence electrons. The van der Waals surface area contributed by atoms with Crippen LogP contribution in [0.15, 0.2) is 18.2 Å². The number of halogens is 3. The second-order valence-corrected chi connectivity index (χ2v) is 7.12. The molecule has 0 bridgehead atoms. The zero-order valence-electron chi connectivity index (χ0n) is 10.5. The van der Waals surface area contributed by atoms with Crippen molar-refractivity contribution in [2.75, 3.05) is 11.9 Å². The van der Waals surface area contributed by atoms with Gasteiger partial charge in [-0.1, -0.05) is 27.5 Å². The van der Waals surface area contributed by atoms with Crippen LogP contribution in [0.1, 0.15) is 36.0 Å². The number of rotatable bonds is 3. The molecule has 2 rings (SSSR count). The smallest absolute Gasteiger partial charge is 0.254 e. The molecule has 1 unspecified atom stereocenters. The highest BCUT2D eigenvalue weighted by Gasteiger charge is 2.27. The quantitative estimate of drug-likeness (QED) is 0.476. The molecule has 0 aromatic heterocycles. The van der Waals surface area contributed by atoms with E-state index in [4.69, 9.17) is 11.6 Å². The molecule has 1 atom stereocenters. The van der Waals surface area contributed by atoms with E-state index in [0.717, 1.165) is 34.7 Å². The van der Waals surface area contributed by atoms with E-state index in [9.17, 15) is 4.79 Å². The number of nitrogens with zero attached hydrogens (tertiary/aromatic N) is 1. The summed E-state index contributed by atoms with van der Waals surface area (Å²) in [7, 11) is 0. The minimum Gasteiger partial charge on any atom is -0.336 e. The Labute approximate surface area is 141 Å². The van der Waals surface area contributed by atoms with Gasteiger partial charge in [-0.05, 0) is 66.5 Å². The predicted octanol–water partition coefficient (Wildman–Crippen LogP) is 4.72. The third kappa shape index (κ3) is 3.85. The molecule has 1 saturated heterocycles. The van der Waals surface area contributed by atoms with Crippen LogP contribution in [0.3, 0.4) is 0 Å². The van der Waals surface area contributed by atoms with Gasteiger partial charge in [-0.2, -0.15) is 0 Å². The number of carbonyl (C=O) groups is 1. The molecule has 1 aliphatic rings. The molecule has 19 heavy (non-hydrogen) atoms. The highest BCUT2D eigenvalue weighted by atomic mass is 127. The molecule has 5 heteroatoms. The van der Waals surface area contributed by atoms with E-state index in [1.807, 2.05) is 17.0 Å². The van der Waals surface area contributed by atoms with Gasteiger partial charge < -0.3 is 4.90 Å². The highest BCUT2D eigenvalue weighted by Crippen LogP contribution is 2.25. The van der Waals surface area contributed by atoms with E-state index < -0.39 is 0 Å². The van der Waals surface area contributed by atoms with E-state index in [1.54, 1.807) is 6.07 Å². The van der Waals surface area contributed by atoms with Crippen LogP contribution in [0, 0.1) is 3.57 Å². The first-order valence-electron chi connectivity index (χ1n) is 6.45. The second kappa shape index (κ2) is 7.27. The lowest BCUT2D eigenvalue weighted by molar-refractivity contribution is 0.0610. The van der Waals surface area contributed by atoms with Crippen LogP contribution in [0.4, 0.5) is 0 Å². The van der Waals surface area contributed by atoms with Crippen LogP contribution < -0.4 is 0 Å². The molecular weight excluding hydrogens is 440 g/mol. The molecule has 2 nitrogen and oxygen atoms in total. The maximum absolute atomic E-state index is 12.6. The van der Waals surface area contributed by atoms with Crippen molar-refractivity contribution < 1.29 is 4.79 Å². The molecule has 0 saturated carbocycles. The lowest BCUT2D eigenvalue weighted by atomic mass is 9.99. The molecule has 0 spiro atoms. The Bertz CT molecular complexity index is 467. The van der Waals surface area contributed by atoms with Crippen LogP contribution in [-0.4, -0.2) is 28.7 Å². The Morgan fingerprint density at radius 1 is 1.47 bits per heavy atom. The molecule has 0 radical (unpaired) electrons. The van der Waals surface area contributed by atoms with Gasteiger partial charge in [-0.15, -0.1) is 0 Å². The van der Waals surface area contributed by atoms with E-state index in [2.05, 4.69) is 38.5 Å². The summed E-state index contributed by atoms with van der Waals surface area (Å²) in [5, 5.41) is 1.59. The molecule has 0 N–H and O–H groups in total. The van der Waals surface area contributed by atoms with Gasteiger partial charge >= 0.3 is 0 Å². The molecule has 1 aromatic carbocycles. The van der Waals surface area contributed by atoms with E-state index in [1.165, 1.54) is 6.42 Å². The van der Waals surface area contributed by atoms with Crippen molar-refractivity contribution in [3.8, 4) is 0 Å². The Hall–Kier alpha value is 0.190. The minimum atomic E-state index is 0.115. The number of likely N-dealkylation sites (tertiary alicyclic amines) is 1. The van der Waals surface area contributed by atoms with Gasteiger partial charge in [-0.25, -0.2) is 0 Å². The normalized spacial score (nSPS) is 19.5. The Kier molecular flexibility index (Phi) is 5.96. The maximum atomic E-state index is 12.6. The first-order chi connectivity index (χ1) is 9.13. The lowest BCUT2D eigenvalue weighted by Gasteiger charge is -2.35. The molecule has 1 heterocycles. The van der Waals surface area contributed by atoms with Gasteiger partial charge in [0.25, 0.3) is 5.91 Å². The minimum absolute atomic E-state index is 0.115. The maximum Gasteiger partial charge on any atom is 0.254 e. The number of amides is 1. The van der Waals surface area contributed by atoms with E-state index in [-0.39, 0.29) is 5.91 Å². The van der Waals surface area contributed by atoms with Gasteiger partial charge in [0, 0.05) is 27.1 Å². The summed E-state index contributed by atoms with van der Waals surface area (Å²) in [4.78, 5) is 14.6. The van der Waals surface area contributed by atoms with Crippen molar-refractivity contribution in [1.29, 1.82) is 0 Å². The number of hydrogen-bond acceptors (Lipinski definition) is 1. The summed E-state index contributed by atoms with van der Waals surface area (Å²) in [6.07, 6.45) is 4.44. The summed E-state index contributed by atoms with van der Waals surface area (Å²) in [5.74, 6) is 0.115. The van der Waals surface area contributed by atoms with Crippen LogP contribution in [0.5, 0.6) is 0 Å².